The number of carbonyl (C=O) groups is 1. The first-order valence-electron chi connectivity index (χ1n) is 13.4. The largest absolute Gasteiger partial charge is 0.492 e. The van der Waals surface area contributed by atoms with Gasteiger partial charge in [0.05, 0.1) is 15.7 Å². The number of aryl methyl sites for hydroxylation is 3. The van der Waals surface area contributed by atoms with E-state index in [0.717, 1.165) is 59.1 Å². The molecule has 3 aromatic carbocycles. The molecule has 0 saturated heterocycles. The summed E-state index contributed by atoms with van der Waals surface area (Å²) in [7, 11) is 4.00. The third-order valence-electron chi connectivity index (χ3n) is 7.30. The Hall–Kier alpha value is -3.50. The van der Waals surface area contributed by atoms with Crippen LogP contribution in [-0.2, 0) is 13.0 Å². The number of nitrogens with zero attached hydrogens (tertiary/aromatic N) is 4. The van der Waals surface area contributed by atoms with Crippen LogP contribution in [0.5, 0.6) is 5.75 Å². The number of carboxylic acids is 1. The van der Waals surface area contributed by atoms with Crippen LogP contribution in [0.1, 0.15) is 33.9 Å². The van der Waals surface area contributed by atoms with Crippen molar-refractivity contribution in [3.63, 3.8) is 0 Å². The molecule has 0 spiro atoms. The summed E-state index contributed by atoms with van der Waals surface area (Å²) >= 11 is 2.31. The fourth-order valence-corrected chi connectivity index (χ4v) is 6.10. The summed E-state index contributed by atoms with van der Waals surface area (Å²) in [4.78, 5) is 23.8. The van der Waals surface area contributed by atoms with E-state index in [2.05, 4.69) is 61.7 Å². The van der Waals surface area contributed by atoms with Gasteiger partial charge in [0.15, 0.2) is 0 Å². The second kappa shape index (κ2) is 11.9. The molecule has 0 aliphatic heterocycles. The van der Waals surface area contributed by atoms with Gasteiger partial charge in [-0.25, -0.2) is 14.8 Å². The van der Waals surface area contributed by atoms with Gasteiger partial charge in [0.25, 0.3) is 0 Å². The molecule has 0 radical (unpaired) electrons. The van der Waals surface area contributed by atoms with E-state index in [4.69, 9.17) is 4.74 Å². The van der Waals surface area contributed by atoms with Gasteiger partial charge in [0.2, 0.25) is 0 Å². The molecule has 5 aromatic rings. The molecule has 5 rings (SSSR count). The number of ether oxygens (including phenoxy) is 1. The van der Waals surface area contributed by atoms with Crippen LogP contribution >= 0.6 is 22.6 Å². The number of fused-ring (bicyclic) bond motifs is 2. The lowest BCUT2D eigenvalue weighted by Crippen LogP contribution is -2.21. The number of aromatic carboxylic acids is 1. The molecule has 0 amide bonds. The van der Waals surface area contributed by atoms with Crippen LogP contribution in [0.25, 0.3) is 32.8 Å². The Bertz CT molecular complexity index is 1690. The Morgan fingerprint density at radius 1 is 1.00 bits per heavy atom. The number of para-hydroxylation sites is 1. The summed E-state index contributed by atoms with van der Waals surface area (Å²) in [5.74, 6) is -0.0407. The summed E-state index contributed by atoms with van der Waals surface area (Å²) < 4.78 is 9.34. The lowest BCUT2D eigenvalue weighted by atomic mass is 9.98. The van der Waals surface area contributed by atoms with Crippen LogP contribution < -0.4 is 4.74 Å². The maximum absolute atomic E-state index is 12.8. The fraction of sp³-hybridized carbons (Fsp3) is 0.281. The quantitative estimate of drug-likeness (QED) is 0.134. The maximum Gasteiger partial charge on any atom is 0.352 e. The molecule has 8 heteroatoms. The summed E-state index contributed by atoms with van der Waals surface area (Å²) in [5.41, 5.74) is 5.76. The second-order valence-corrected chi connectivity index (χ2v) is 11.4. The number of halogens is 1. The highest BCUT2D eigenvalue weighted by molar-refractivity contribution is 14.1. The molecule has 0 fully saturated rings. The van der Waals surface area contributed by atoms with Crippen LogP contribution in [0, 0.1) is 17.4 Å². The minimum atomic E-state index is -0.918. The van der Waals surface area contributed by atoms with E-state index in [0.29, 0.717) is 38.2 Å². The standard InChI is InChI=1S/C32H33IN4O3/c1-20-28(21(2)35-19-34-20)26-12-7-11-24-25(30(32(38)39)37(29(24)26)17-16-36(3)4)13-8-18-40-31-23-10-6-5-9-22(23)14-15-27(31)33/h5-7,9-12,14-15,19H,8,13,16-18H2,1-4H3,(H,38,39). The molecule has 7 nitrogen and oxygen atoms in total. The first-order valence-corrected chi connectivity index (χ1v) is 14.5. The number of rotatable bonds is 10. The number of likely N-dealkylation sites (N-methyl/N-ethyl adjacent to an activating group) is 1. The smallest absolute Gasteiger partial charge is 0.352 e. The van der Waals surface area contributed by atoms with Crippen molar-refractivity contribution in [2.45, 2.75) is 33.2 Å². The molecule has 2 heterocycles. The van der Waals surface area contributed by atoms with Gasteiger partial charge in [-0.15, -0.1) is 0 Å². The van der Waals surface area contributed by atoms with Crippen molar-refractivity contribution < 1.29 is 14.6 Å². The Kier molecular flexibility index (Phi) is 8.37. The lowest BCUT2D eigenvalue weighted by molar-refractivity contribution is 0.0683. The molecule has 206 valence electrons. The predicted octanol–water partition coefficient (Wildman–Crippen LogP) is 6.74. The molecule has 1 N–H and O–H groups in total. The Balaban J connectivity index is 1.55. The molecular formula is C32H33IN4O3. The van der Waals surface area contributed by atoms with Gasteiger partial charge < -0.3 is 19.3 Å². The van der Waals surface area contributed by atoms with Crippen molar-refractivity contribution in [3.8, 4) is 16.9 Å². The van der Waals surface area contributed by atoms with Crippen molar-refractivity contribution in [1.82, 2.24) is 19.4 Å². The van der Waals surface area contributed by atoms with Crippen molar-refractivity contribution in [2.75, 3.05) is 27.2 Å². The van der Waals surface area contributed by atoms with Crippen molar-refractivity contribution in [3.05, 3.63) is 87.1 Å². The fourth-order valence-electron chi connectivity index (χ4n) is 5.47. The number of carboxylic acid groups (broad SMARTS) is 1. The number of hydrogen-bond donors (Lipinski definition) is 1. The third kappa shape index (κ3) is 5.42. The molecular weight excluding hydrogens is 615 g/mol. The van der Waals surface area contributed by atoms with Crippen LogP contribution in [0.3, 0.4) is 0 Å². The molecule has 0 saturated carbocycles. The molecule has 0 aliphatic carbocycles. The molecule has 40 heavy (non-hydrogen) atoms. The minimum absolute atomic E-state index is 0.344. The Morgan fingerprint density at radius 3 is 2.45 bits per heavy atom. The van der Waals surface area contributed by atoms with Crippen LogP contribution in [0.4, 0.5) is 0 Å². The van der Waals surface area contributed by atoms with Crippen molar-refractivity contribution in [2.24, 2.45) is 0 Å². The van der Waals surface area contributed by atoms with E-state index in [1.165, 1.54) is 0 Å². The maximum atomic E-state index is 12.8. The number of benzene rings is 3. The monoisotopic (exact) mass is 648 g/mol. The highest BCUT2D eigenvalue weighted by atomic mass is 127. The van der Waals surface area contributed by atoms with E-state index >= 15 is 0 Å². The van der Waals surface area contributed by atoms with E-state index in [-0.39, 0.29) is 0 Å². The van der Waals surface area contributed by atoms with Gasteiger partial charge in [-0.1, -0.05) is 48.5 Å². The first kappa shape index (κ1) is 28.0. The molecule has 0 aliphatic rings. The van der Waals surface area contributed by atoms with E-state index in [9.17, 15) is 9.90 Å². The molecule has 0 unspecified atom stereocenters. The predicted molar refractivity (Wildman–Crippen MR) is 168 cm³/mol. The summed E-state index contributed by atoms with van der Waals surface area (Å²) in [6, 6.07) is 18.5. The van der Waals surface area contributed by atoms with Gasteiger partial charge in [-0.3, -0.25) is 0 Å². The summed E-state index contributed by atoms with van der Waals surface area (Å²) in [6.45, 7) is 5.70. The molecule has 0 bridgehead atoms. The minimum Gasteiger partial charge on any atom is -0.492 e. The number of hydrogen-bond acceptors (Lipinski definition) is 5. The number of aromatic nitrogens is 3. The van der Waals surface area contributed by atoms with Gasteiger partial charge in [-0.2, -0.15) is 0 Å². The molecule has 0 atom stereocenters. The van der Waals surface area contributed by atoms with Gasteiger partial charge >= 0.3 is 5.97 Å². The summed E-state index contributed by atoms with van der Waals surface area (Å²) in [5, 5.41) is 13.7. The average molecular weight is 649 g/mol. The Labute approximate surface area is 248 Å². The second-order valence-electron chi connectivity index (χ2n) is 10.3. The van der Waals surface area contributed by atoms with E-state index < -0.39 is 5.97 Å². The zero-order valence-corrected chi connectivity index (χ0v) is 25.4. The normalized spacial score (nSPS) is 11.6. The third-order valence-corrected chi connectivity index (χ3v) is 8.15. The SMILES string of the molecule is Cc1ncnc(C)c1-c1cccc2c(CCCOc3c(I)ccc4ccccc34)c(C(=O)O)n(CCN(C)C)c12. The highest BCUT2D eigenvalue weighted by Gasteiger charge is 2.25. The molecule has 2 aromatic heterocycles. The lowest BCUT2D eigenvalue weighted by Gasteiger charge is -2.16. The van der Waals surface area contributed by atoms with Crippen molar-refractivity contribution in [1.29, 1.82) is 0 Å². The first-order chi connectivity index (χ1) is 19.3. The highest BCUT2D eigenvalue weighted by Crippen LogP contribution is 2.37. The van der Waals surface area contributed by atoms with Crippen LogP contribution in [0.2, 0.25) is 0 Å². The van der Waals surface area contributed by atoms with Crippen LogP contribution in [0.15, 0.2) is 60.9 Å². The van der Waals surface area contributed by atoms with E-state index in [1.807, 2.05) is 62.8 Å². The van der Waals surface area contributed by atoms with Gasteiger partial charge in [-0.05, 0) is 80.4 Å². The van der Waals surface area contributed by atoms with Crippen molar-refractivity contribution >= 4 is 50.2 Å². The zero-order valence-electron chi connectivity index (χ0n) is 23.2. The summed E-state index contributed by atoms with van der Waals surface area (Å²) in [6.07, 6.45) is 2.84. The average Bonchev–Trinajstić information content (AvgIpc) is 3.25. The zero-order chi connectivity index (χ0) is 28.4. The topological polar surface area (TPSA) is 80.5 Å². The van der Waals surface area contributed by atoms with E-state index in [1.54, 1.807) is 6.33 Å². The van der Waals surface area contributed by atoms with Crippen LogP contribution in [-0.4, -0.2) is 57.8 Å². The van der Waals surface area contributed by atoms with Gasteiger partial charge in [0, 0.05) is 46.4 Å². The van der Waals surface area contributed by atoms with Gasteiger partial charge in [0.1, 0.15) is 17.8 Å². The Morgan fingerprint density at radius 2 is 1.73 bits per heavy atom.